The van der Waals surface area contributed by atoms with Crippen LogP contribution in [-0.4, -0.2) is 207 Å². The summed E-state index contributed by atoms with van der Waals surface area (Å²) in [6.45, 7) is 8.50. The van der Waals surface area contributed by atoms with E-state index in [2.05, 4.69) is 45.9 Å². The number of alkyl halides is 3. The van der Waals surface area contributed by atoms with Crippen molar-refractivity contribution in [2.24, 2.45) is 5.11 Å². The van der Waals surface area contributed by atoms with E-state index in [0.29, 0.717) is 130 Å². The van der Waals surface area contributed by atoms with E-state index in [1.807, 2.05) is 6.92 Å². The molecule has 0 aliphatic carbocycles. The highest BCUT2D eigenvalue weighted by Gasteiger charge is 2.43. The van der Waals surface area contributed by atoms with E-state index in [0.717, 1.165) is 30.5 Å². The number of anilines is 2. The Morgan fingerprint density at radius 2 is 1.22 bits per heavy atom. The molecule has 3 aromatic rings. The van der Waals surface area contributed by atoms with Crippen LogP contribution >= 0.6 is 0 Å². The summed E-state index contributed by atoms with van der Waals surface area (Å²) in [5.74, 6) is -4.97. The van der Waals surface area contributed by atoms with Gasteiger partial charge in [0.1, 0.15) is 6.04 Å². The third-order valence-electron chi connectivity index (χ3n) is 10.3. The molecule has 0 fully saturated rings. The number of rotatable bonds is 45. The van der Waals surface area contributed by atoms with Crippen LogP contribution in [0.3, 0.4) is 0 Å². The molecule has 0 radical (unpaired) electrons. The third kappa shape index (κ3) is 29.8. The van der Waals surface area contributed by atoms with Crippen LogP contribution in [0.2, 0.25) is 0 Å². The molecule has 79 heavy (non-hydrogen) atoms. The summed E-state index contributed by atoms with van der Waals surface area (Å²) >= 11 is 0. The summed E-state index contributed by atoms with van der Waals surface area (Å²) in [5.41, 5.74) is 11.8. The smallest absolute Gasteiger partial charge is 0.464 e. The average Bonchev–Trinajstić information content (AvgIpc) is 3.43. The van der Waals surface area contributed by atoms with Gasteiger partial charge in [0, 0.05) is 48.6 Å². The van der Waals surface area contributed by atoms with Gasteiger partial charge >= 0.3 is 18.1 Å². The summed E-state index contributed by atoms with van der Waals surface area (Å²) in [5, 5.41) is 11.2. The molecule has 2 aromatic heterocycles. The molecular weight excluding hydrogens is 1060 g/mol. The number of benzene rings is 1. The van der Waals surface area contributed by atoms with Gasteiger partial charge in [0.15, 0.2) is 11.2 Å². The zero-order valence-electron chi connectivity index (χ0n) is 44.1. The molecule has 0 aliphatic rings. The van der Waals surface area contributed by atoms with Gasteiger partial charge in [-0.1, -0.05) is 18.5 Å². The molecule has 4 amide bonds. The number of nitrogen functional groups attached to an aromatic ring is 1. The lowest BCUT2D eigenvalue weighted by atomic mass is 10.1. The first-order valence-corrected chi connectivity index (χ1v) is 25.4. The molecule has 6 N–H and O–H groups in total. The zero-order chi connectivity index (χ0) is 57.4. The van der Waals surface area contributed by atoms with Gasteiger partial charge in [-0.15, -0.1) is 0 Å². The van der Waals surface area contributed by atoms with Crippen molar-refractivity contribution in [1.82, 2.24) is 35.9 Å². The largest absolute Gasteiger partial charge is 0.471 e. The van der Waals surface area contributed by atoms with E-state index in [1.54, 1.807) is 0 Å². The fourth-order valence-corrected chi connectivity index (χ4v) is 6.38. The van der Waals surface area contributed by atoms with Gasteiger partial charge in [0.2, 0.25) is 17.8 Å². The van der Waals surface area contributed by atoms with Crippen molar-refractivity contribution in [3.63, 3.8) is 0 Å². The molecule has 1 aromatic carbocycles. The molecule has 2 heterocycles. The minimum atomic E-state index is -5.33. The van der Waals surface area contributed by atoms with E-state index in [9.17, 15) is 41.9 Å². The maximum absolute atomic E-state index is 13.7. The standard InChI is InChI=1S/C48H71F3N12O16/c1-2-3-14-79-45(68)38(59-43(66)35-4-6-37(7-5-35)63(46(69)48(49,50)51)34-36-33-56-42-41(58-36)44(67)61-47(52)60-42)8-9-39(64)54-11-12-55-40(65)10-15-70-17-19-72-21-23-74-25-27-76-29-31-78-32-30-77-28-26-75-24-22-73-20-18-71-16-13-57-62-53/h4-7,33,38H,2-3,8-32,34H2,1H3,(H,54,64)(H,55,65)(H,59,66)(H3,52,56,60,61,67)/t38-/m0/s1. The van der Waals surface area contributed by atoms with Crippen LogP contribution in [0.15, 0.2) is 40.4 Å². The number of esters is 1. The number of nitrogens with two attached hydrogens (primary N) is 1. The fourth-order valence-electron chi connectivity index (χ4n) is 6.38. The lowest BCUT2D eigenvalue weighted by Crippen LogP contribution is -2.43. The number of aromatic nitrogens is 4. The number of carbonyl (C=O) groups excluding carboxylic acids is 5. The number of hydrogen-bond acceptors (Lipinski definition) is 21. The molecule has 1 atom stereocenters. The number of hydrogen-bond donors (Lipinski definition) is 5. The number of azide groups is 1. The van der Waals surface area contributed by atoms with Crippen LogP contribution < -0.4 is 32.1 Å². The normalized spacial score (nSPS) is 11.7. The highest BCUT2D eigenvalue weighted by molar-refractivity contribution is 5.99. The predicted octanol–water partition coefficient (Wildman–Crippen LogP) is 1.69. The topological polar surface area (TPSA) is 363 Å². The Morgan fingerprint density at radius 1 is 0.722 bits per heavy atom. The number of unbranched alkanes of at least 4 members (excludes halogenated alkanes) is 1. The summed E-state index contributed by atoms with van der Waals surface area (Å²) in [6, 6.07) is 3.12. The number of carbonyl (C=O) groups is 5. The maximum atomic E-state index is 13.7. The van der Waals surface area contributed by atoms with Crippen LogP contribution in [-0.2, 0) is 73.1 Å². The van der Waals surface area contributed by atoms with Gasteiger partial charge in [0.05, 0.1) is 144 Å². The van der Waals surface area contributed by atoms with Gasteiger partial charge < -0.3 is 69.1 Å². The Morgan fingerprint density at radius 3 is 1.71 bits per heavy atom. The summed E-state index contributed by atoms with van der Waals surface area (Å²) < 4.78 is 95.3. The second-order valence-corrected chi connectivity index (χ2v) is 16.4. The number of ether oxygens (including phenoxy) is 10. The fraction of sp³-hybridized carbons (Fsp3) is 0.646. The zero-order valence-corrected chi connectivity index (χ0v) is 44.1. The van der Waals surface area contributed by atoms with Crippen LogP contribution in [0.1, 0.15) is 55.1 Å². The highest BCUT2D eigenvalue weighted by Crippen LogP contribution is 2.26. The lowest BCUT2D eigenvalue weighted by Gasteiger charge is -2.24. The van der Waals surface area contributed by atoms with Gasteiger partial charge in [0.25, 0.3) is 11.5 Å². The van der Waals surface area contributed by atoms with E-state index in [4.69, 9.17) is 58.6 Å². The van der Waals surface area contributed by atoms with E-state index in [-0.39, 0.29) is 92.1 Å². The molecule has 0 saturated heterocycles. The first-order chi connectivity index (χ1) is 38.2. The Bertz CT molecular complexity index is 2370. The predicted molar refractivity (Wildman–Crippen MR) is 274 cm³/mol. The molecule has 31 heteroatoms. The molecule has 0 bridgehead atoms. The first kappa shape index (κ1) is 66.6. The minimum absolute atomic E-state index is 0.0525. The molecule has 0 aliphatic heterocycles. The van der Waals surface area contributed by atoms with Crippen LogP contribution in [0, 0.1) is 0 Å². The van der Waals surface area contributed by atoms with Crippen molar-refractivity contribution < 1.29 is 84.5 Å². The minimum Gasteiger partial charge on any atom is -0.464 e. The van der Waals surface area contributed by atoms with E-state index >= 15 is 0 Å². The molecule has 0 spiro atoms. The number of nitrogens with zero attached hydrogens (tertiary/aromatic N) is 7. The third-order valence-corrected chi connectivity index (χ3v) is 10.3. The van der Waals surface area contributed by atoms with Crippen LogP contribution in [0.5, 0.6) is 0 Å². The van der Waals surface area contributed by atoms with Gasteiger partial charge in [-0.3, -0.25) is 33.9 Å². The monoisotopic (exact) mass is 1130 g/mol. The van der Waals surface area contributed by atoms with Crippen molar-refractivity contribution >= 4 is 52.4 Å². The van der Waals surface area contributed by atoms with Crippen LogP contribution in [0.4, 0.5) is 24.8 Å². The summed E-state index contributed by atoms with van der Waals surface area (Å²) in [6.07, 6.45) is -3.39. The number of halogens is 3. The van der Waals surface area contributed by atoms with Crippen molar-refractivity contribution in [3.8, 4) is 0 Å². The lowest BCUT2D eigenvalue weighted by molar-refractivity contribution is -0.170. The number of nitrogens with one attached hydrogen (secondary N) is 4. The Labute approximate surface area is 453 Å². The molecule has 28 nitrogen and oxygen atoms in total. The number of aromatic amines is 1. The molecule has 440 valence electrons. The average molecular weight is 1130 g/mol. The number of H-pyrrole nitrogens is 1. The van der Waals surface area contributed by atoms with E-state index in [1.165, 1.54) is 0 Å². The van der Waals surface area contributed by atoms with Gasteiger partial charge in [-0.05, 0) is 42.6 Å². The quantitative estimate of drug-likeness (QED) is 0.0177. The molecule has 0 unspecified atom stereocenters. The SMILES string of the molecule is CCCCOC(=O)[C@H](CCC(=O)NCCNC(=O)CCOCCOCCOCCOCCOCCOCCOCCOCCOCCN=[N+]=[N-])NC(=O)c1ccc(N(Cc2cnc3nc(N)[nH]c(=O)c3n2)C(=O)C(F)(F)F)cc1. The van der Waals surface area contributed by atoms with Gasteiger partial charge in [-0.2, -0.15) is 18.2 Å². The highest BCUT2D eigenvalue weighted by atomic mass is 19.4. The number of amides is 4. The summed E-state index contributed by atoms with van der Waals surface area (Å²) in [7, 11) is 0. The molecule has 3 rings (SSSR count). The maximum Gasteiger partial charge on any atom is 0.471 e. The van der Waals surface area contributed by atoms with Crippen molar-refractivity contribution in [2.45, 2.75) is 57.8 Å². The van der Waals surface area contributed by atoms with Crippen molar-refractivity contribution in [3.05, 3.63) is 62.5 Å². The van der Waals surface area contributed by atoms with Gasteiger partial charge in [-0.25, -0.2) is 14.8 Å². The molecule has 0 saturated carbocycles. The first-order valence-electron chi connectivity index (χ1n) is 25.4. The second-order valence-electron chi connectivity index (χ2n) is 16.4. The van der Waals surface area contributed by atoms with Crippen molar-refractivity contribution in [1.29, 1.82) is 0 Å². The second kappa shape index (κ2) is 40.5. The summed E-state index contributed by atoms with van der Waals surface area (Å²) in [4.78, 5) is 93.1. The molecular formula is C48H71F3N12O16. The Balaban J connectivity index is 1.22. The number of fused-ring (bicyclic) bond motifs is 1. The van der Waals surface area contributed by atoms with Crippen LogP contribution in [0.25, 0.3) is 21.6 Å². The van der Waals surface area contributed by atoms with E-state index < -0.39 is 48.0 Å². The Hall–Kier alpha value is -6.67. The van der Waals surface area contributed by atoms with Crippen molar-refractivity contribution in [2.75, 3.05) is 156 Å². The Kier molecular flexibility index (Phi) is 34.2.